The lowest BCUT2D eigenvalue weighted by Gasteiger charge is -2.35. The minimum Gasteiger partial charge on any atom is -0.388 e. The van der Waals surface area contributed by atoms with Crippen molar-refractivity contribution in [1.82, 2.24) is 19.1 Å². The average molecular weight is 459 g/mol. The monoisotopic (exact) mass is 459 g/mol. The first-order valence-electron chi connectivity index (χ1n) is 10.2. The van der Waals surface area contributed by atoms with Crippen molar-refractivity contribution in [1.29, 1.82) is 0 Å². The number of anilines is 1. The molecule has 0 aliphatic carbocycles. The molecule has 1 aliphatic rings. The van der Waals surface area contributed by atoms with Gasteiger partial charge in [0.05, 0.1) is 18.0 Å². The van der Waals surface area contributed by atoms with Gasteiger partial charge in [-0.15, -0.1) is 0 Å². The van der Waals surface area contributed by atoms with Crippen LogP contribution >= 0.6 is 7.60 Å². The molecule has 5 atom stereocenters. The van der Waals surface area contributed by atoms with Gasteiger partial charge < -0.3 is 30.1 Å². The molecule has 13 heteroatoms. The number of aliphatic hydroxyl groups excluding tert-OH is 2. The van der Waals surface area contributed by atoms with Crippen LogP contribution in [0.15, 0.2) is 11.1 Å². The van der Waals surface area contributed by atoms with Gasteiger partial charge in [-0.1, -0.05) is 20.8 Å². The van der Waals surface area contributed by atoms with Crippen molar-refractivity contribution < 1.29 is 28.9 Å². The summed E-state index contributed by atoms with van der Waals surface area (Å²) in [5.41, 5.74) is 4.49. The molecule has 0 saturated carbocycles. The lowest BCUT2D eigenvalue weighted by molar-refractivity contribution is -0.0708. The van der Waals surface area contributed by atoms with Gasteiger partial charge >= 0.3 is 7.60 Å². The molecule has 0 bridgehead atoms. The Morgan fingerprint density at radius 3 is 2.52 bits per heavy atom. The highest BCUT2D eigenvalue weighted by molar-refractivity contribution is 7.52. The number of aliphatic hydroxyl groups is 2. The third-order valence-corrected chi connectivity index (χ3v) is 7.52. The summed E-state index contributed by atoms with van der Waals surface area (Å²) in [6, 6.07) is 0. The Bertz CT molecular complexity index is 1050. The Balaban J connectivity index is 1.92. The van der Waals surface area contributed by atoms with Gasteiger partial charge in [0.2, 0.25) is 5.95 Å². The van der Waals surface area contributed by atoms with Gasteiger partial charge in [0, 0.05) is 19.6 Å². The van der Waals surface area contributed by atoms with Crippen molar-refractivity contribution in [2.45, 2.75) is 70.2 Å². The van der Waals surface area contributed by atoms with E-state index in [0.717, 1.165) is 4.57 Å². The SMILES string of the molecule is CCC(CC)(CC1O[C@@H](n2cnc3c(=O)n(C)c(N)nc32)[C@H](O)C1O)OP(=O)(O)CC. The second-order valence-electron chi connectivity index (χ2n) is 7.84. The van der Waals surface area contributed by atoms with Gasteiger partial charge in [-0.05, 0) is 12.8 Å². The van der Waals surface area contributed by atoms with E-state index in [2.05, 4.69) is 9.97 Å². The Hall–Kier alpha value is -1.82. The summed E-state index contributed by atoms with van der Waals surface area (Å²) in [6.45, 7) is 5.20. The molecule has 31 heavy (non-hydrogen) atoms. The maximum Gasteiger partial charge on any atom is 0.328 e. The maximum absolute atomic E-state index is 12.4. The van der Waals surface area contributed by atoms with E-state index in [9.17, 15) is 24.5 Å². The van der Waals surface area contributed by atoms with Gasteiger partial charge in [-0.25, -0.2) is 4.98 Å². The largest absolute Gasteiger partial charge is 0.388 e. The number of imidazole rings is 1. The van der Waals surface area contributed by atoms with Gasteiger partial charge in [-0.2, -0.15) is 4.98 Å². The Morgan fingerprint density at radius 1 is 1.29 bits per heavy atom. The van der Waals surface area contributed by atoms with Crippen LogP contribution in [0.5, 0.6) is 0 Å². The highest BCUT2D eigenvalue weighted by atomic mass is 31.2. The number of nitrogen functional groups attached to an aromatic ring is 1. The van der Waals surface area contributed by atoms with Gasteiger partial charge in [0.15, 0.2) is 17.4 Å². The number of hydrogen-bond acceptors (Lipinski definition) is 9. The molecule has 174 valence electrons. The zero-order valence-corrected chi connectivity index (χ0v) is 18.9. The molecule has 0 aromatic carbocycles. The number of nitrogens with zero attached hydrogens (tertiary/aromatic N) is 4. The maximum atomic E-state index is 12.4. The smallest absolute Gasteiger partial charge is 0.328 e. The minimum atomic E-state index is -3.81. The van der Waals surface area contributed by atoms with Crippen molar-refractivity contribution in [2.24, 2.45) is 7.05 Å². The fourth-order valence-corrected chi connectivity index (χ4v) is 4.88. The minimum absolute atomic E-state index is 0.0357. The summed E-state index contributed by atoms with van der Waals surface area (Å²) in [5, 5.41) is 21.3. The van der Waals surface area contributed by atoms with Crippen molar-refractivity contribution >= 4 is 24.7 Å². The van der Waals surface area contributed by atoms with E-state index in [4.69, 9.17) is 15.0 Å². The summed E-state index contributed by atoms with van der Waals surface area (Å²) < 4.78 is 26.3. The van der Waals surface area contributed by atoms with Crippen molar-refractivity contribution in [3.63, 3.8) is 0 Å². The molecule has 1 aliphatic heterocycles. The number of hydrogen-bond donors (Lipinski definition) is 4. The zero-order valence-electron chi connectivity index (χ0n) is 18.0. The molecule has 0 spiro atoms. The predicted molar refractivity (Wildman–Crippen MR) is 112 cm³/mol. The highest BCUT2D eigenvalue weighted by Crippen LogP contribution is 2.50. The molecule has 3 rings (SSSR count). The Kier molecular flexibility index (Phi) is 6.62. The van der Waals surface area contributed by atoms with Crippen molar-refractivity contribution in [2.75, 3.05) is 11.9 Å². The zero-order chi connectivity index (χ0) is 23.1. The summed E-state index contributed by atoms with van der Waals surface area (Å²) in [4.78, 5) is 30.6. The van der Waals surface area contributed by atoms with Crippen LogP contribution < -0.4 is 11.3 Å². The fourth-order valence-electron chi connectivity index (χ4n) is 3.82. The molecular weight excluding hydrogens is 429 g/mol. The number of fused-ring (bicyclic) bond motifs is 1. The van der Waals surface area contributed by atoms with Crippen LogP contribution in [-0.2, 0) is 20.9 Å². The van der Waals surface area contributed by atoms with Crippen LogP contribution in [0, 0.1) is 0 Å². The van der Waals surface area contributed by atoms with E-state index in [0.29, 0.717) is 12.8 Å². The highest BCUT2D eigenvalue weighted by Gasteiger charge is 2.48. The summed E-state index contributed by atoms with van der Waals surface area (Å²) in [6.07, 6.45) is -2.47. The predicted octanol–water partition coefficient (Wildman–Crippen LogP) is 0.502. The van der Waals surface area contributed by atoms with Gasteiger partial charge in [0.1, 0.15) is 12.2 Å². The fraction of sp³-hybridized carbons (Fsp3) is 0.722. The lowest BCUT2D eigenvalue weighted by Crippen LogP contribution is -2.40. The van der Waals surface area contributed by atoms with Crippen LogP contribution in [-0.4, -0.2) is 64.3 Å². The van der Waals surface area contributed by atoms with E-state index in [1.54, 1.807) is 6.92 Å². The molecular formula is C18H30N5O7P. The molecule has 0 radical (unpaired) electrons. The lowest BCUT2D eigenvalue weighted by atomic mass is 9.88. The van der Waals surface area contributed by atoms with Crippen LogP contribution in [0.4, 0.5) is 5.95 Å². The molecule has 1 fully saturated rings. The van der Waals surface area contributed by atoms with Crippen LogP contribution in [0.1, 0.15) is 46.3 Å². The third-order valence-electron chi connectivity index (χ3n) is 6.05. The van der Waals surface area contributed by atoms with Crippen LogP contribution in [0.2, 0.25) is 0 Å². The number of aromatic nitrogens is 4. The molecule has 1 saturated heterocycles. The second kappa shape index (κ2) is 8.61. The Morgan fingerprint density at radius 2 is 1.94 bits per heavy atom. The summed E-state index contributed by atoms with van der Waals surface area (Å²) in [7, 11) is -2.34. The first kappa shape index (κ1) is 23.8. The van der Waals surface area contributed by atoms with E-state index in [1.807, 2.05) is 13.8 Å². The Labute approximate surface area is 179 Å². The summed E-state index contributed by atoms with van der Waals surface area (Å²) in [5.74, 6) is -0.0357. The molecule has 5 N–H and O–H groups in total. The van der Waals surface area contributed by atoms with Crippen molar-refractivity contribution in [3.05, 3.63) is 16.7 Å². The summed E-state index contributed by atoms with van der Waals surface area (Å²) >= 11 is 0. The first-order valence-corrected chi connectivity index (χ1v) is 12.0. The molecule has 3 unspecified atom stereocenters. The number of nitrogens with two attached hydrogens (primary N) is 1. The molecule has 12 nitrogen and oxygen atoms in total. The quantitative estimate of drug-likeness (QED) is 0.407. The van der Waals surface area contributed by atoms with Crippen molar-refractivity contribution in [3.8, 4) is 0 Å². The van der Waals surface area contributed by atoms with E-state index in [-0.39, 0.29) is 29.7 Å². The van der Waals surface area contributed by atoms with E-state index < -0.39 is 43.3 Å². The molecule has 2 aromatic heterocycles. The first-order chi connectivity index (χ1) is 14.5. The van der Waals surface area contributed by atoms with E-state index in [1.165, 1.54) is 17.9 Å². The number of ether oxygens (including phenoxy) is 1. The van der Waals surface area contributed by atoms with E-state index >= 15 is 0 Å². The molecule has 2 aromatic rings. The van der Waals surface area contributed by atoms with Gasteiger partial charge in [-0.3, -0.25) is 18.5 Å². The van der Waals surface area contributed by atoms with Crippen LogP contribution in [0.25, 0.3) is 11.2 Å². The van der Waals surface area contributed by atoms with Crippen LogP contribution in [0.3, 0.4) is 0 Å². The average Bonchev–Trinajstić information content (AvgIpc) is 3.27. The van der Waals surface area contributed by atoms with Gasteiger partial charge in [0.25, 0.3) is 5.56 Å². The molecule has 0 amide bonds. The number of rotatable bonds is 8. The normalized spacial score (nSPS) is 26.4. The standard InChI is InChI=1S/C18H30N5O7P/c1-5-18(6-2,30-31(27,28)7-3)8-10-12(24)13(25)16(29-10)23-9-20-11-14(23)21-17(19)22(4)15(11)26/h9-10,12-13,16,24-25H,5-8H2,1-4H3,(H2,19,21)(H,27,28)/t10?,12?,13-,16-/m1/s1. The third kappa shape index (κ3) is 4.28. The second-order valence-corrected chi connectivity index (χ2v) is 9.93. The molecule has 3 heterocycles. The topological polar surface area (TPSA) is 175 Å².